The Kier molecular flexibility index (Phi) is 4.02. The maximum absolute atomic E-state index is 4.48. The normalized spacial score (nSPS) is 11.1. The van der Waals surface area contributed by atoms with E-state index < -0.39 is 0 Å². The Morgan fingerprint density at radius 2 is 1.76 bits per heavy atom. The van der Waals surface area contributed by atoms with Gasteiger partial charge in [0.05, 0.1) is 5.69 Å². The Balaban J connectivity index is 1.72. The molecule has 0 atom stereocenters. The van der Waals surface area contributed by atoms with Gasteiger partial charge in [-0.25, -0.2) is 0 Å². The first-order valence-electron chi connectivity index (χ1n) is 7.46. The van der Waals surface area contributed by atoms with Gasteiger partial charge in [0.25, 0.3) is 0 Å². The molecule has 1 aromatic heterocycles. The summed E-state index contributed by atoms with van der Waals surface area (Å²) in [5, 5.41) is 10.7. The minimum absolute atomic E-state index is 0.861. The Morgan fingerprint density at radius 3 is 2.62 bits per heavy atom. The molecule has 0 unspecified atom stereocenters. The van der Waals surface area contributed by atoms with E-state index in [2.05, 4.69) is 66.0 Å². The molecule has 3 aromatic rings. The summed E-state index contributed by atoms with van der Waals surface area (Å²) in [5.74, 6) is 0. The molecule has 0 saturated heterocycles. The molecule has 0 amide bonds. The Bertz CT molecular complexity index is 738. The summed E-state index contributed by atoms with van der Waals surface area (Å²) in [7, 11) is 1.98. The molecule has 0 saturated carbocycles. The van der Waals surface area contributed by atoms with Crippen LogP contribution in [-0.4, -0.2) is 9.78 Å². The van der Waals surface area contributed by atoms with Gasteiger partial charge in [0.1, 0.15) is 0 Å². The van der Waals surface area contributed by atoms with Gasteiger partial charge in [0.15, 0.2) is 0 Å². The number of benzene rings is 2. The highest BCUT2D eigenvalue weighted by atomic mass is 15.3. The Morgan fingerprint density at radius 1 is 1.00 bits per heavy atom. The molecule has 3 heteroatoms. The minimum atomic E-state index is 0.861. The van der Waals surface area contributed by atoms with Gasteiger partial charge in [0, 0.05) is 31.9 Å². The summed E-state index contributed by atoms with van der Waals surface area (Å²) >= 11 is 0. The van der Waals surface area contributed by atoms with Crippen molar-refractivity contribution in [3.8, 4) is 0 Å². The lowest BCUT2D eigenvalue weighted by Gasteiger charge is -2.08. The SMILES string of the molecule is CCc1nn(C)cc1CNCc1cccc2ccccc12. The average molecular weight is 279 g/mol. The number of hydrogen-bond acceptors (Lipinski definition) is 2. The van der Waals surface area contributed by atoms with Gasteiger partial charge in [-0.05, 0) is 22.8 Å². The van der Waals surface area contributed by atoms with Crippen molar-refractivity contribution in [2.45, 2.75) is 26.4 Å². The minimum Gasteiger partial charge on any atom is -0.308 e. The monoisotopic (exact) mass is 279 g/mol. The second-order valence-electron chi connectivity index (χ2n) is 5.37. The Labute approximate surface area is 125 Å². The van der Waals surface area contributed by atoms with Crippen molar-refractivity contribution >= 4 is 10.8 Å². The van der Waals surface area contributed by atoms with Gasteiger partial charge in [-0.15, -0.1) is 0 Å². The van der Waals surface area contributed by atoms with Gasteiger partial charge in [-0.2, -0.15) is 5.10 Å². The van der Waals surface area contributed by atoms with Gasteiger partial charge >= 0.3 is 0 Å². The smallest absolute Gasteiger partial charge is 0.0666 e. The summed E-state index contributed by atoms with van der Waals surface area (Å²) in [5.41, 5.74) is 3.82. The summed E-state index contributed by atoms with van der Waals surface area (Å²) in [6.45, 7) is 3.89. The predicted molar refractivity (Wildman–Crippen MR) is 87.1 cm³/mol. The van der Waals surface area contributed by atoms with E-state index in [0.29, 0.717) is 0 Å². The molecule has 2 aromatic carbocycles. The molecule has 0 bridgehead atoms. The molecular weight excluding hydrogens is 258 g/mol. The van der Waals surface area contributed by atoms with Crippen LogP contribution in [-0.2, 0) is 26.6 Å². The fourth-order valence-corrected chi connectivity index (χ4v) is 2.81. The van der Waals surface area contributed by atoms with Gasteiger partial charge < -0.3 is 5.32 Å². The third-order valence-corrected chi connectivity index (χ3v) is 3.84. The second-order valence-corrected chi connectivity index (χ2v) is 5.37. The number of hydrogen-bond donors (Lipinski definition) is 1. The first kappa shape index (κ1) is 13.8. The molecule has 108 valence electrons. The predicted octanol–water partition coefficient (Wildman–Crippen LogP) is 3.43. The third-order valence-electron chi connectivity index (χ3n) is 3.84. The highest BCUT2D eigenvalue weighted by molar-refractivity contribution is 5.85. The highest BCUT2D eigenvalue weighted by Crippen LogP contribution is 2.18. The van der Waals surface area contributed by atoms with E-state index in [4.69, 9.17) is 0 Å². The zero-order valence-corrected chi connectivity index (χ0v) is 12.6. The number of aryl methyl sites for hydroxylation is 2. The largest absolute Gasteiger partial charge is 0.308 e. The lowest BCUT2D eigenvalue weighted by Crippen LogP contribution is -2.13. The zero-order chi connectivity index (χ0) is 14.7. The van der Waals surface area contributed by atoms with Crippen molar-refractivity contribution in [1.29, 1.82) is 0 Å². The van der Waals surface area contributed by atoms with Crippen LogP contribution in [0, 0.1) is 0 Å². The first-order valence-corrected chi connectivity index (χ1v) is 7.46. The lowest BCUT2D eigenvalue weighted by molar-refractivity contribution is 0.691. The van der Waals surface area contributed by atoms with E-state index in [0.717, 1.165) is 19.5 Å². The molecule has 0 spiro atoms. The van der Waals surface area contributed by atoms with E-state index >= 15 is 0 Å². The molecule has 1 N–H and O–H groups in total. The van der Waals surface area contributed by atoms with Crippen molar-refractivity contribution in [1.82, 2.24) is 15.1 Å². The molecule has 3 nitrogen and oxygen atoms in total. The number of rotatable bonds is 5. The molecule has 0 radical (unpaired) electrons. The molecule has 1 heterocycles. The zero-order valence-electron chi connectivity index (χ0n) is 12.6. The number of aromatic nitrogens is 2. The van der Waals surface area contributed by atoms with Crippen molar-refractivity contribution in [2.24, 2.45) is 7.05 Å². The summed E-state index contributed by atoms with van der Waals surface area (Å²) < 4.78 is 1.90. The van der Waals surface area contributed by atoms with Crippen LogP contribution in [0.2, 0.25) is 0 Å². The van der Waals surface area contributed by atoms with Crippen LogP contribution in [0.4, 0.5) is 0 Å². The summed E-state index contributed by atoms with van der Waals surface area (Å²) in [6.07, 6.45) is 3.08. The van der Waals surface area contributed by atoms with Crippen LogP contribution in [0.3, 0.4) is 0 Å². The van der Waals surface area contributed by atoms with Crippen LogP contribution in [0.25, 0.3) is 10.8 Å². The highest BCUT2D eigenvalue weighted by Gasteiger charge is 2.06. The standard InChI is InChI=1S/C18H21N3/c1-3-18-16(13-21(2)20-18)12-19-11-15-9-6-8-14-7-4-5-10-17(14)15/h4-10,13,19H,3,11-12H2,1-2H3. The van der Waals surface area contributed by atoms with Crippen molar-refractivity contribution in [2.75, 3.05) is 0 Å². The number of nitrogens with one attached hydrogen (secondary N) is 1. The van der Waals surface area contributed by atoms with E-state index in [1.54, 1.807) is 0 Å². The molecule has 0 aliphatic heterocycles. The molecule has 3 rings (SSSR count). The lowest BCUT2D eigenvalue weighted by atomic mass is 10.0. The maximum atomic E-state index is 4.48. The van der Waals surface area contributed by atoms with Crippen LogP contribution < -0.4 is 5.32 Å². The van der Waals surface area contributed by atoms with E-state index in [1.807, 2.05) is 11.7 Å². The van der Waals surface area contributed by atoms with Crippen LogP contribution in [0.5, 0.6) is 0 Å². The molecule has 0 fully saturated rings. The Hall–Kier alpha value is -2.13. The van der Waals surface area contributed by atoms with E-state index in [9.17, 15) is 0 Å². The van der Waals surface area contributed by atoms with E-state index in [1.165, 1.54) is 27.6 Å². The summed E-state index contributed by atoms with van der Waals surface area (Å²) in [4.78, 5) is 0. The number of fused-ring (bicyclic) bond motifs is 1. The van der Waals surface area contributed by atoms with Gasteiger partial charge in [-0.3, -0.25) is 4.68 Å². The first-order chi connectivity index (χ1) is 10.3. The third kappa shape index (κ3) is 2.98. The topological polar surface area (TPSA) is 29.9 Å². The molecular formula is C18H21N3. The van der Waals surface area contributed by atoms with Crippen LogP contribution in [0.15, 0.2) is 48.7 Å². The quantitative estimate of drug-likeness (QED) is 0.775. The van der Waals surface area contributed by atoms with Crippen LogP contribution in [0.1, 0.15) is 23.7 Å². The van der Waals surface area contributed by atoms with Gasteiger partial charge in [-0.1, -0.05) is 49.4 Å². The summed E-state index contributed by atoms with van der Waals surface area (Å²) in [6, 6.07) is 15.0. The number of nitrogens with zero attached hydrogens (tertiary/aromatic N) is 2. The molecule has 0 aliphatic rings. The fourth-order valence-electron chi connectivity index (χ4n) is 2.81. The fraction of sp³-hybridized carbons (Fsp3) is 0.278. The molecule has 21 heavy (non-hydrogen) atoms. The second kappa shape index (κ2) is 6.10. The average Bonchev–Trinajstić information content (AvgIpc) is 2.87. The van der Waals surface area contributed by atoms with E-state index in [-0.39, 0.29) is 0 Å². The maximum Gasteiger partial charge on any atom is 0.0666 e. The van der Waals surface area contributed by atoms with Crippen LogP contribution >= 0.6 is 0 Å². The van der Waals surface area contributed by atoms with Crippen molar-refractivity contribution in [3.63, 3.8) is 0 Å². The van der Waals surface area contributed by atoms with Crippen molar-refractivity contribution in [3.05, 3.63) is 65.5 Å². The molecule has 0 aliphatic carbocycles. The van der Waals surface area contributed by atoms with Crippen molar-refractivity contribution < 1.29 is 0 Å². The van der Waals surface area contributed by atoms with Gasteiger partial charge in [0.2, 0.25) is 0 Å².